The minimum Gasteiger partial charge on any atom is -0.372 e. The Morgan fingerprint density at radius 1 is 1.38 bits per heavy atom. The molecule has 1 aliphatic heterocycles. The molecule has 0 bridgehead atoms. The largest absolute Gasteiger partial charge is 0.372 e. The molecule has 0 radical (unpaired) electrons. The smallest absolute Gasteiger partial charge is 0.126 e. The first-order valence-corrected chi connectivity index (χ1v) is 6.11. The van der Waals surface area contributed by atoms with Gasteiger partial charge in [-0.2, -0.15) is 0 Å². The molecule has 88 valence electrons. The van der Waals surface area contributed by atoms with Crippen LogP contribution in [0.15, 0.2) is 18.2 Å². The second-order valence-corrected chi connectivity index (χ2v) is 4.60. The Morgan fingerprint density at radius 2 is 2.25 bits per heavy atom. The van der Waals surface area contributed by atoms with Gasteiger partial charge < -0.3 is 10.1 Å². The summed E-state index contributed by atoms with van der Waals surface area (Å²) in [5.41, 5.74) is 1.06. The van der Waals surface area contributed by atoms with E-state index in [1.54, 1.807) is 0 Å². The van der Waals surface area contributed by atoms with Gasteiger partial charge in [-0.3, -0.25) is 0 Å². The molecule has 0 spiro atoms. The van der Waals surface area contributed by atoms with E-state index in [2.05, 4.69) is 30.2 Å². The van der Waals surface area contributed by atoms with E-state index >= 15 is 0 Å². The van der Waals surface area contributed by atoms with Crippen LogP contribution >= 0.6 is 0 Å². The molecule has 1 atom stereocenters. The average Bonchev–Trinajstić information content (AvgIpc) is 2.30. The van der Waals surface area contributed by atoms with Crippen LogP contribution < -0.4 is 5.32 Å². The van der Waals surface area contributed by atoms with Gasteiger partial charge in [0.2, 0.25) is 0 Å². The molecule has 1 aromatic rings. The first-order chi connectivity index (χ1) is 7.75. The highest BCUT2D eigenvalue weighted by Crippen LogP contribution is 2.27. The summed E-state index contributed by atoms with van der Waals surface area (Å²) in [5, 5.41) is 3.32. The molecule has 0 saturated carbocycles. The average molecular weight is 220 g/mol. The number of nitrogens with one attached hydrogen (secondary N) is 1. The minimum atomic E-state index is 0.197. The van der Waals surface area contributed by atoms with Gasteiger partial charge in [-0.15, -0.1) is 0 Å². The summed E-state index contributed by atoms with van der Waals surface area (Å²) in [4.78, 5) is 4.60. The van der Waals surface area contributed by atoms with Crippen LogP contribution in [-0.4, -0.2) is 17.6 Å². The van der Waals surface area contributed by atoms with Crippen LogP contribution in [-0.2, 0) is 4.74 Å². The Balaban J connectivity index is 2.08. The van der Waals surface area contributed by atoms with Gasteiger partial charge >= 0.3 is 0 Å². The van der Waals surface area contributed by atoms with E-state index in [-0.39, 0.29) is 6.10 Å². The van der Waals surface area contributed by atoms with Crippen LogP contribution in [0.4, 0.5) is 5.82 Å². The minimum absolute atomic E-state index is 0.197. The summed E-state index contributed by atoms with van der Waals surface area (Å²) < 4.78 is 5.73. The molecule has 1 N–H and O–H groups in total. The summed E-state index contributed by atoms with van der Waals surface area (Å²) in [6.07, 6.45) is 3.72. The number of anilines is 1. The second-order valence-electron chi connectivity index (χ2n) is 4.60. The Hall–Kier alpha value is -1.09. The number of nitrogens with zero attached hydrogens (tertiary/aromatic N) is 1. The summed E-state index contributed by atoms with van der Waals surface area (Å²) in [6, 6.07) is 6.52. The molecule has 1 aromatic heterocycles. The van der Waals surface area contributed by atoms with Gasteiger partial charge in [-0.05, 0) is 45.2 Å². The SMILES string of the molecule is CC(C)Nc1cccc([C@H]2CCCCO2)n1. The van der Waals surface area contributed by atoms with Gasteiger partial charge in [-0.1, -0.05) is 6.07 Å². The van der Waals surface area contributed by atoms with Crippen molar-refractivity contribution in [3.8, 4) is 0 Å². The number of ether oxygens (including phenoxy) is 1. The Labute approximate surface area is 97.2 Å². The fourth-order valence-electron chi connectivity index (χ4n) is 1.98. The van der Waals surface area contributed by atoms with E-state index in [0.717, 1.165) is 24.5 Å². The molecule has 1 fully saturated rings. The van der Waals surface area contributed by atoms with Crippen molar-refractivity contribution in [2.24, 2.45) is 0 Å². The van der Waals surface area contributed by atoms with E-state index in [1.165, 1.54) is 12.8 Å². The van der Waals surface area contributed by atoms with Gasteiger partial charge in [-0.25, -0.2) is 4.98 Å². The lowest BCUT2D eigenvalue weighted by Gasteiger charge is -2.22. The highest BCUT2D eigenvalue weighted by Gasteiger charge is 2.17. The molecular formula is C13H20N2O. The fraction of sp³-hybridized carbons (Fsp3) is 0.615. The van der Waals surface area contributed by atoms with Crippen molar-refractivity contribution >= 4 is 5.82 Å². The third-order valence-electron chi connectivity index (χ3n) is 2.72. The van der Waals surface area contributed by atoms with Crippen LogP contribution in [0.2, 0.25) is 0 Å². The Bertz CT molecular complexity index is 332. The summed E-state index contributed by atoms with van der Waals surface area (Å²) in [6.45, 7) is 5.10. The zero-order valence-corrected chi connectivity index (χ0v) is 10.1. The monoisotopic (exact) mass is 220 g/mol. The quantitative estimate of drug-likeness (QED) is 0.849. The molecular weight excluding hydrogens is 200 g/mol. The molecule has 0 amide bonds. The number of hydrogen-bond acceptors (Lipinski definition) is 3. The van der Waals surface area contributed by atoms with Crippen molar-refractivity contribution in [2.75, 3.05) is 11.9 Å². The molecule has 0 aliphatic carbocycles. The summed E-state index contributed by atoms with van der Waals surface area (Å²) in [5.74, 6) is 0.946. The van der Waals surface area contributed by atoms with E-state index in [4.69, 9.17) is 4.74 Å². The van der Waals surface area contributed by atoms with Gasteiger partial charge in [0.05, 0.1) is 11.8 Å². The first-order valence-electron chi connectivity index (χ1n) is 6.11. The molecule has 1 aliphatic rings. The summed E-state index contributed by atoms with van der Waals surface area (Å²) >= 11 is 0. The zero-order chi connectivity index (χ0) is 11.4. The van der Waals surface area contributed by atoms with Gasteiger partial charge in [0.1, 0.15) is 5.82 Å². The Morgan fingerprint density at radius 3 is 2.94 bits per heavy atom. The van der Waals surface area contributed by atoms with Crippen molar-refractivity contribution in [1.82, 2.24) is 4.98 Å². The lowest BCUT2D eigenvalue weighted by Crippen LogP contribution is -2.15. The molecule has 0 unspecified atom stereocenters. The highest BCUT2D eigenvalue weighted by atomic mass is 16.5. The standard InChI is InChI=1S/C13H20N2O/c1-10(2)14-13-8-5-6-11(15-13)12-7-3-4-9-16-12/h5-6,8,10,12H,3-4,7,9H2,1-2H3,(H,14,15)/t12-/m1/s1. The van der Waals surface area contributed by atoms with E-state index in [1.807, 2.05) is 12.1 Å². The molecule has 0 aromatic carbocycles. The zero-order valence-electron chi connectivity index (χ0n) is 10.1. The van der Waals surface area contributed by atoms with E-state index in [9.17, 15) is 0 Å². The Kier molecular flexibility index (Phi) is 3.78. The summed E-state index contributed by atoms with van der Waals surface area (Å²) in [7, 11) is 0. The first kappa shape index (κ1) is 11.4. The topological polar surface area (TPSA) is 34.1 Å². The van der Waals surface area contributed by atoms with Crippen molar-refractivity contribution < 1.29 is 4.74 Å². The van der Waals surface area contributed by atoms with E-state index < -0.39 is 0 Å². The van der Waals surface area contributed by atoms with Crippen LogP contribution in [0.3, 0.4) is 0 Å². The van der Waals surface area contributed by atoms with Crippen LogP contribution in [0, 0.1) is 0 Å². The second kappa shape index (κ2) is 5.30. The molecule has 16 heavy (non-hydrogen) atoms. The number of aromatic nitrogens is 1. The molecule has 3 nitrogen and oxygen atoms in total. The van der Waals surface area contributed by atoms with Crippen molar-refractivity contribution in [3.63, 3.8) is 0 Å². The molecule has 3 heteroatoms. The van der Waals surface area contributed by atoms with Gasteiger partial charge in [0.25, 0.3) is 0 Å². The maximum absolute atomic E-state index is 5.73. The lowest BCUT2D eigenvalue weighted by molar-refractivity contribution is 0.0124. The van der Waals surface area contributed by atoms with Crippen LogP contribution in [0.1, 0.15) is 44.9 Å². The molecule has 1 saturated heterocycles. The number of hydrogen-bond donors (Lipinski definition) is 1. The fourth-order valence-corrected chi connectivity index (χ4v) is 1.98. The predicted octanol–water partition coefficient (Wildman–Crippen LogP) is 3.14. The van der Waals surface area contributed by atoms with Crippen molar-refractivity contribution in [2.45, 2.75) is 45.3 Å². The van der Waals surface area contributed by atoms with Gasteiger partial charge in [0.15, 0.2) is 0 Å². The van der Waals surface area contributed by atoms with Crippen LogP contribution in [0.5, 0.6) is 0 Å². The normalized spacial score (nSPS) is 21.1. The lowest BCUT2D eigenvalue weighted by atomic mass is 10.1. The van der Waals surface area contributed by atoms with Crippen LogP contribution in [0.25, 0.3) is 0 Å². The number of rotatable bonds is 3. The predicted molar refractivity (Wildman–Crippen MR) is 65.5 cm³/mol. The van der Waals surface area contributed by atoms with Crippen molar-refractivity contribution in [1.29, 1.82) is 0 Å². The third-order valence-corrected chi connectivity index (χ3v) is 2.72. The molecule has 2 rings (SSSR count). The highest BCUT2D eigenvalue weighted by molar-refractivity contribution is 5.36. The maximum Gasteiger partial charge on any atom is 0.126 e. The maximum atomic E-state index is 5.73. The van der Waals surface area contributed by atoms with Crippen molar-refractivity contribution in [3.05, 3.63) is 23.9 Å². The number of pyridine rings is 1. The van der Waals surface area contributed by atoms with E-state index in [0.29, 0.717) is 6.04 Å². The molecule has 2 heterocycles. The third kappa shape index (κ3) is 2.95. The van der Waals surface area contributed by atoms with Gasteiger partial charge in [0, 0.05) is 12.6 Å².